The maximum Gasteiger partial charge on any atom is 0.322 e. The van der Waals surface area contributed by atoms with Crippen LogP contribution in [0.25, 0.3) is 22.2 Å². The highest BCUT2D eigenvalue weighted by molar-refractivity contribution is 6.08. The molecule has 3 unspecified atom stereocenters. The van der Waals surface area contributed by atoms with Crippen LogP contribution in [0.4, 0.5) is 4.79 Å². The number of H-pyrrole nitrogens is 1. The number of hydrogen-bond acceptors (Lipinski definition) is 7. The average Bonchev–Trinajstić information content (AvgIpc) is 3.63. The van der Waals surface area contributed by atoms with Gasteiger partial charge >= 0.3 is 6.03 Å². The highest BCUT2D eigenvalue weighted by Gasteiger charge is 2.52. The SMILES string of the molecule is COc1ccc2c(c1)C(=O)CC(C(C)CC1(c3cc4c(-c5cn[nH]c5)nccc4o3)NC(=O)NC1=O)C2. The van der Waals surface area contributed by atoms with Crippen LogP contribution in [0.1, 0.15) is 41.4 Å². The zero-order chi connectivity index (χ0) is 25.7. The summed E-state index contributed by atoms with van der Waals surface area (Å²) in [6, 6.07) is 8.46. The van der Waals surface area contributed by atoms with Crippen molar-refractivity contribution in [3.05, 3.63) is 65.8 Å². The van der Waals surface area contributed by atoms with E-state index in [-0.39, 0.29) is 24.0 Å². The predicted molar refractivity (Wildman–Crippen MR) is 133 cm³/mol. The van der Waals surface area contributed by atoms with Crippen molar-refractivity contribution in [2.75, 3.05) is 7.11 Å². The van der Waals surface area contributed by atoms with Crippen LogP contribution in [0.3, 0.4) is 0 Å². The topological polar surface area (TPSA) is 139 Å². The number of nitrogens with zero attached hydrogens (tertiary/aromatic N) is 2. The van der Waals surface area contributed by atoms with Gasteiger partial charge in [0.15, 0.2) is 11.3 Å². The third-order valence-corrected chi connectivity index (χ3v) is 7.56. The highest BCUT2D eigenvalue weighted by atomic mass is 16.5. The van der Waals surface area contributed by atoms with E-state index in [1.807, 2.05) is 19.1 Å². The van der Waals surface area contributed by atoms with E-state index in [0.717, 1.165) is 11.1 Å². The second kappa shape index (κ2) is 8.58. The zero-order valence-corrected chi connectivity index (χ0v) is 20.3. The fourth-order valence-corrected chi connectivity index (χ4v) is 5.57. The molecular formula is C27H25N5O5. The van der Waals surface area contributed by atoms with Crippen LogP contribution in [0, 0.1) is 11.8 Å². The number of amides is 3. The fourth-order valence-electron chi connectivity index (χ4n) is 5.57. The Bertz CT molecular complexity index is 1540. The number of ketones is 1. The number of benzene rings is 1. The first-order chi connectivity index (χ1) is 17.9. The van der Waals surface area contributed by atoms with Crippen molar-refractivity contribution in [3.8, 4) is 17.0 Å². The summed E-state index contributed by atoms with van der Waals surface area (Å²) in [6.07, 6.45) is 6.31. The summed E-state index contributed by atoms with van der Waals surface area (Å²) in [6.45, 7) is 2.01. The Labute approximate surface area is 211 Å². The lowest BCUT2D eigenvalue weighted by Crippen LogP contribution is -2.46. The molecule has 37 heavy (non-hydrogen) atoms. The number of urea groups is 1. The summed E-state index contributed by atoms with van der Waals surface area (Å²) >= 11 is 0. The molecule has 3 atom stereocenters. The number of furan rings is 1. The molecule has 1 aliphatic carbocycles. The Kier molecular flexibility index (Phi) is 5.32. The lowest BCUT2D eigenvalue weighted by molar-refractivity contribution is -0.125. The number of nitrogens with one attached hydrogen (secondary N) is 3. The van der Waals surface area contributed by atoms with E-state index < -0.39 is 17.5 Å². The number of Topliss-reactive ketones (excluding diaryl/α,β-unsaturated/α-hetero) is 1. The molecule has 1 saturated heterocycles. The number of hydrogen-bond donors (Lipinski definition) is 3. The van der Waals surface area contributed by atoms with E-state index in [2.05, 4.69) is 25.8 Å². The van der Waals surface area contributed by atoms with Gasteiger partial charge in [-0.05, 0) is 54.5 Å². The van der Waals surface area contributed by atoms with Crippen LogP contribution < -0.4 is 15.4 Å². The van der Waals surface area contributed by atoms with Gasteiger partial charge < -0.3 is 14.5 Å². The molecular weight excluding hydrogens is 474 g/mol. The number of pyridine rings is 1. The predicted octanol–water partition coefficient (Wildman–Crippen LogP) is 3.73. The van der Waals surface area contributed by atoms with Crippen molar-refractivity contribution in [3.63, 3.8) is 0 Å². The summed E-state index contributed by atoms with van der Waals surface area (Å²) in [4.78, 5) is 43.1. The number of aromatic amines is 1. The summed E-state index contributed by atoms with van der Waals surface area (Å²) < 4.78 is 11.5. The van der Waals surface area contributed by atoms with Gasteiger partial charge in [0.2, 0.25) is 0 Å². The molecule has 3 N–H and O–H groups in total. The van der Waals surface area contributed by atoms with Crippen molar-refractivity contribution in [2.24, 2.45) is 11.8 Å². The Hall–Kier alpha value is -4.47. The number of methoxy groups -OCH3 is 1. The molecule has 0 spiro atoms. The summed E-state index contributed by atoms with van der Waals surface area (Å²) in [5.41, 5.74) is 2.20. The third kappa shape index (κ3) is 3.76. The fraction of sp³-hybridized carbons (Fsp3) is 0.296. The van der Waals surface area contributed by atoms with Gasteiger partial charge in [0.25, 0.3) is 5.91 Å². The van der Waals surface area contributed by atoms with Crippen molar-refractivity contribution in [1.82, 2.24) is 25.8 Å². The Balaban J connectivity index is 1.35. The lowest BCUT2D eigenvalue weighted by atomic mass is 9.72. The second-order valence-electron chi connectivity index (χ2n) is 9.78. The third-order valence-electron chi connectivity index (χ3n) is 7.56. The minimum Gasteiger partial charge on any atom is -0.497 e. The van der Waals surface area contributed by atoms with Crippen molar-refractivity contribution < 1.29 is 23.5 Å². The van der Waals surface area contributed by atoms with Gasteiger partial charge in [-0.2, -0.15) is 5.10 Å². The molecule has 3 aromatic heterocycles. The molecule has 1 fully saturated rings. The monoisotopic (exact) mass is 499 g/mol. The van der Waals surface area contributed by atoms with Gasteiger partial charge in [-0.1, -0.05) is 13.0 Å². The minimum absolute atomic E-state index is 0.0110. The molecule has 10 heteroatoms. The number of ether oxygens (including phenoxy) is 1. The van der Waals surface area contributed by atoms with E-state index in [9.17, 15) is 14.4 Å². The normalized spacial score (nSPS) is 22.0. The molecule has 188 valence electrons. The van der Waals surface area contributed by atoms with Gasteiger partial charge in [0, 0.05) is 35.3 Å². The number of aromatic nitrogens is 3. The van der Waals surface area contributed by atoms with Crippen LogP contribution >= 0.6 is 0 Å². The Morgan fingerprint density at radius 3 is 2.78 bits per heavy atom. The molecule has 4 heterocycles. The van der Waals surface area contributed by atoms with Crippen molar-refractivity contribution in [2.45, 2.75) is 31.7 Å². The zero-order valence-electron chi connectivity index (χ0n) is 20.3. The Morgan fingerprint density at radius 1 is 1.19 bits per heavy atom. The molecule has 3 amide bonds. The van der Waals surface area contributed by atoms with Crippen LogP contribution in [-0.2, 0) is 16.8 Å². The van der Waals surface area contributed by atoms with E-state index in [0.29, 0.717) is 46.6 Å². The highest BCUT2D eigenvalue weighted by Crippen LogP contribution is 2.41. The van der Waals surface area contributed by atoms with Gasteiger partial charge in [-0.3, -0.25) is 25.0 Å². The lowest BCUT2D eigenvalue weighted by Gasteiger charge is -2.33. The molecule has 6 rings (SSSR count). The molecule has 0 bridgehead atoms. The molecule has 1 aliphatic heterocycles. The number of rotatable bonds is 6. The molecule has 0 saturated carbocycles. The van der Waals surface area contributed by atoms with Gasteiger partial charge in [-0.25, -0.2) is 4.79 Å². The summed E-state index contributed by atoms with van der Waals surface area (Å²) in [5, 5.41) is 12.7. The summed E-state index contributed by atoms with van der Waals surface area (Å²) in [7, 11) is 1.58. The molecule has 0 radical (unpaired) electrons. The quantitative estimate of drug-likeness (QED) is 0.344. The first-order valence-electron chi connectivity index (χ1n) is 12.1. The van der Waals surface area contributed by atoms with Crippen LogP contribution in [-0.4, -0.2) is 40.0 Å². The average molecular weight is 500 g/mol. The maximum atomic E-state index is 13.3. The smallest absolute Gasteiger partial charge is 0.322 e. The maximum absolute atomic E-state index is 13.3. The van der Waals surface area contributed by atoms with Crippen molar-refractivity contribution >= 4 is 28.7 Å². The van der Waals surface area contributed by atoms with Crippen LogP contribution in [0.2, 0.25) is 0 Å². The van der Waals surface area contributed by atoms with Crippen LogP contribution in [0.5, 0.6) is 5.75 Å². The second-order valence-corrected chi connectivity index (χ2v) is 9.78. The van der Waals surface area contributed by atoms with E-state index in [1.54, 1.807) is 43.9 Å². The van der Waals surface area contributed by atoms with Gasteiger partial charge in [-0.15, -0.1) is 0 Å². The Morgan fingerprint density at radius 2 is 2.05 bits per heavy atom. The standard InChI is InChI=1S/C27H25N5O5/c1-14(16-7-15-3-4-18(36-2)9-19(15)21(33)8-16)11-27(25(34)31-26(35)32-27)23-10-20-22(37-23)5-6-28-24(20)17-12-29-30-13-17/h3-6,9-10,12-14,16H,7-8,11H2,1-2H3,(H,29,30)(H2,31,32,34,35). The molecule has 1 aromatic carbocycles. The molecule has 10 nitrogen and oxygen atoms in total. The first kappa shape index (κ1) is 23.0. The molecule has 2 aliphatic rings. The summed E-state index contributed by atoms with van der Waals surface area (Å²) in [5.74, 6) is 0.435. The number of carbonyl (C=O) groups excluding carboxylic acids is 3. The van der Waals surface area contributed by atoms with E-state index in [4.69, 9.17) is 9.15 Å². The first-order valence-corrected chi connectivity index (χ1v) is 12.1. The van der Waals surface area contributed by atoms with Crippen LogP contribution in [0.15, 0.2) is 53.3 Å². The van der Waals surface area contributed by atoms with E-state index in [1.165, 1.54) is 0 Å². The number of imide groups is 1. The number of carbonyl (C=O) groups is 3. The van der Waals surface area contributed by atoms with Crippen molar-refractivity contribution in [1.29, 1.82) is 0 Å². The number of fused-ring (bicyclic) bond motifs is 2. The minimum atomic E-state index is -1.41. The van der Waals surface area contributed by atoms with Gasteiger partial charge in [0.1, 0.15) is 17.1 Å². The van der Waals surface area contributed by atoms with E-state index >= 15 is 0 Å². The largest absolute Gasteiger partial charge is 0.497 e. The molecule has 4 aromatic rings. The van der Waals surface area contributed by atoms with Gasteiger partial charge in [0.05, 0.1) is 19.0 Å².